The van der Waals surface area contributed by atoms with E-state index in [2.05, 4.69) is 10.1 Å². The molecule has 8 nitrogen and oxygen atoms in total. The van der Waals surface area contributed by atoms with Gasteiger partial charge in [-0.3, -0.25) is 10.1 Å². The maximum absolute atomic E-state index is 11.0. The highest BCUT2D eigenvalue weighted by Gasteiger charge is 2.14. The largest absolute Gasteiger partial charge is 0.496 e. The van der Waals surface area contributed by atoms with Crippen LogP contribution in [0, 0.1) is 10.1 Å². The Morgan fingerprint density at radius 1 is 1.00 bits per heavy atom. The summed E-state index contributed by atoms with van der Waals surface area (Å²) in [6.07, 6.45) is 0. The Bertz CT molecular complexity index is 1190. The molecule has 150 valence electrons. The molecule has 0 atom stereocenters. The van der Waals surface area contributed by atoms with Crippen LogP contribution < -0.4 is 9.47 Å². The van der Waals surface area contributed by atoms with Crippen molar-refractivity contribution in [2.24, 2.45) is 0 Å². The number of methoxy groups -OCH3 is 1. The molecule has 0 aliphatic heterocycles. The highest BCUT2D eigenvalue weighted by Crippen LogP contribution is 2.27. The first kappa shape index (κ1) is 19.1. The number of aromatic nitrogens is 2. The van der Waals surface area contributed by atoms with Crippen molar-refractivity contribution in [1.29, 1.82) is 0 Å². The fourth-order valence-electron chi connectivity index (χ4n) is 2.92. The maximum Gasteiger partial charge on any atom is 0.270 e. The molecule has 0 aliphatic rings. The van der Waals surface area contributed by atoms with Crippen molar-refractivity contribution in [2.75, 3.05) is 7.11 Å². The smallest absolute Gasteiger partial charge is 0.270 e. The summed E-state index contributed by atoms with van der Waals surface area (Å²) in [7, 11) is 1.62. The molecule has 3 aromatic carbocycles. The summed E-state index contributed by atoms with van der Waals surface area (Å²) in [4.78, 5) is 14.9. The fourth-order valence-corrected chi connectivity index (χ4v) is 2.92. The Labute approximate surface area is 171 Å². The molecule has 8 heteroatoms. The Hall–Kier alpha value is -4.20. The summed E-state index contributed by atoms with van der Waals surface area (Å²) in [6, 6.07) is 21.0. The molecular formula is C22H17N3O5. The zero-order chi connectivity index (χ0) is 20.9. The highest BCUT2D eigenvalue weighted by atomic mass is 16.6. The molecule has 0 saturated carbocycles. The molecule has 0 aliphatic carbocycles. The average Bonchev–Trinajstić information content (AvgIpc) is 3.28. The molecule has 1 heterocycles. The molecule has 4 aromatic rings. The topological polar surface area (TPSA) is 101 Å². The van der Waals surface area contributed by atoms with E-state index in [4.69, 9.17) is 14.0 Å². The summed E-state index contributed by atoms with van der Waals surface area (Å²) in [6.45, 7) is 0.346. The van der Waals surface area contributed by atoms with E-state index in [9.17, 15) is 10.1 Å². The summed E-state index contributed by atoms with van der Waals surface area (Å²) in [5, 5.41) is 15.0. The zero-order valence-electron chi connectivity index (χ0n) is 16.0. The first-order chi connectivity index (χ1) is 14.6. The Balaban J connectivity index is 1.53. The molecule has 1 aromatic heterocycles. The van der Waals surface area contributed by atoms with Crippen LogP contribution in [0.15, 0.2) is 77.3 Å². The fraction of sp³-hybridized carbons (Fsp3) is 0.0909. The van der Waals surface area contributed by atoms with Gasteiger partial charge in [-0.25, -0.2) is 0 Å². The number of benzene rings is 3. The van der Waals surface area contributed by atoms with Gasteiger partial charge < -0.3 is 14.0 Å². The minimum Gasteiger partial charge on any atom is -0.496 e. The predicted octanol–water partition coefficient (Wildman–Crippen LogP) is 4.90. The van der Waals surface area contributed by atoms with Crippen LogP contribution >= 0.6 is 0 Å². The summed E-state index contributed by atoms with van der Waals surface area (Å²) >= 11 is 0. The molecule has 0 amide bonds. The van der Waals surface area contributed by atoms with Gasteiger partial charge in [-0.1, -0.05) is 41.6 Å². The minimum atomic E-state index is -0.469. The molecule has 0 radical (unpaired) electrons. The second-order valence-corrected chi connectivity index (χ2v) is 6.36. The normalized spacial score (nSPS) is 10.6. The van der Waals surface area contributed by atoms with E-state index in [-0.39, 0.29) is 11.6 Å². The van der Waals surface area contributed by atoms with Gasteiger partial charge in [0.1, 0.15) is 18.1 Å². The first-order valence-corrected chi connectivity index (χ1v) is 9.08. The van der Waals surface area contributed by atoms with Crippen LogP contribution in [0.2, 0.25) is 0 Å². The van der Waals surface area contributed by atoms with Crippen LogP contribution in [0.3, 0.4) is 0 Å². The number of para-hydroxylation sites is 1. The molecular weight excluding hydrogens is 386 g/mol. The predicted molar refractivity (Wildman–Crippen MR) is 109 cm³/mol. The lowest BCUT2D eigenvalue weighted by atomic mass is 10.2. The monoisotopic (exact) mass is 403 g/mol. The standard InChI is InChI=1S/C22H17N3O5/c1-28-20-11-3-2-6-17(20)14-29-19-10-5-7-15(13-19)21-23-22(30-24-21)16-8-4-9-18(12-16)25(26)27/h2-13H,14H2,1H3. The van der Waals surface area contributed by atoms with Crippen LogP contribution in [-0.4, -0.2) is 22.2 Å². The van der Waals surface area contributed by atoms with Crippen LogP contribution in [0.4, 0.5) is 5.69 Å². The van der Waals surface area contributed by atoms with Gasteiger partial charge in [0, 0.05) is 28.8 Å². The molecule has 30 heavy (non-hydrogen) atoms. The number of rotatable bonds is 7. The van der Waals surface area contributed by atoms with E-state index in [0.29, 0.717) is 29.3 Å². The third-order valence-corrected chi connectivity index (χ3v) is 4.41. The van der Waals surface area contributed by atoms with Gasteiger partial charge in [0.25, 0.3) is 11.6 Å². The lowest BCUT2D eigenvalue weighted by molar-refractivity contribution is -0.384. The molecule has 4 rings (SSSR count). The molecule has 0 unspecified atom stereocenters. The third kappa shape index (κ3) is 4.12. The number of non-ortho nitro benzene ring substituents is 1. The van der Waals surface area contributed by atoms with E-state index < -0.39 is 4.92 Å². The van der Waals surface area contributed by atoms with Gasteiger partial charge in [0.15, 0.2) is 0 Å². The number of nitrogens with zero attached hydrogens (tertiary/aromatic N) is 3. The lowest BCUT2D eigenvalue weighted by Crippen LogP contribution is -1.98. The number of hydrogen-bond donors (Lipinski definition) is 0. The highest BCUT2D eigenvalue weighted by molar-refractivity contribution is 5.62. The van der Waals surface area contributed by atoms with Crippen molar-refractivity contribution < 1.29 is 18.9 Å². The van der Waals surface area contributed by atoms with Gasteiger partial charge in [-0.05, 0) is 24.3 Å². The van der Waals surface area contributed by atoms with Crippen LogP contribution in [0.1, 0.15) is 5.56 Å². The molecule has 0 spiro atoms. The van der Waals surface area contributed by atoms with Crippen molar-refractivity contribution in [3.63, 3.8) is 0 Å². The van der Waals surface area contributed by atoms with Crippen LogP contribution in [0.25, 0.3) is 22.8 Å². The molecule has 0 fully saturated rings. The van der Waals surface area contributed by atoms with Crippen molar-refractivity contribution in [1.82, 2.24) is 10.1 Å². The summed E-state index contributed by atoms with van der Waals surface area (Å²) in [5.41, 5.74) is 2.07. The first-order valence-electron chi connectivity index (χ1n) is 9.08. The Morgan fingerprint density at radius 2 is 1.80 bits per heavy atom. The van der Waals surface area contributed by atoms with Gasteiger partial charge in [-0.2, -0.15) is 4.98 Å². The zero-order valence-corrected chi connectivity index (χ0v) is 16.0. The van der Waals surface area contributed by atoms with Gasteiger partial charge in [-0.15, -0.1) is 0 Å². The number of nitro benzene ring substituents is 1. The van der Waals surface area contributed by atoms with Gasteiger partial charge in [0.2, 0.25) is 5.82 Å². The molecule has 0 bridgehead atoms. The summed E-state index contributed by atoms with van der Waals surface area (Å²) < 4.78 is 16.5. The van der Waals surface area contributed by atoms with E-state index in [1.165, 1.54) is 12.1 Å². The van der Waals surface area contributed by atoms with Crippen molar-refractivity contribution in [2.45, 2.75) is 6.61 Å². The van der Waals surface area contributed by atoms with Crippen molar-refractivity contribution in [3.8, 4) is 34.3 Å². The Morgan fingerprint density at radius 3 is 2.63 bits per heavy atom. The van der Waals surface area contributed by atoms with E-state index >= 15 is 0 Å². The van der Waals surface area contributed by atoms with Crippen molar-refractivity contribution >= 4 is 5.69 Å². The third-order valence-electron chi connectivity index (χ3n) is 4.41. The Kier molecular flexibility index (Phi) is 5.38. The minimum absolute atomic E-state index is 0.0426. The van der Waals surface area contributed by atoms with E-state index in [1.807, 2.05) is 42.5 Å². The number of ether oxygens (including phenoxy) is 2. The summed E-state index contributed by atoms with van der Waals surface area (Å²) in [5.74, 6) is 1.96. The van der Waals surface area contributed by atoms with Gasteiger partial charge in [0.05, 0.1) is 12.0 Å². The second kappa shape index (κ2) is 8.44. The second-order valence-electron chi connectivity index (χ2n) is 6.36. The van der Waals surface area contributed by atoms with Crippen LogP contribution in [-0.2, 0) is 6.61 Å². The maximum atomic E-state index is 11.0. The van der Waals surface area contributed by atoms with Gasteiger partial charge >= 0.3 is 0 Å². The number of nitro groups is 1. The lowest BCUT2D eigenvalue weighted by Gasteiger charge is -2.10. The number of hydrogen-bond acceptors (Lipinski definition) is 7. The quantitative estimate of drug-likeness (QED) is 0.319. The van der Waals surface area contributed by atoms with E-state index in [1.54, 1.807) is 25.3 Å². The van der Waals surface area contributed by atoms with Crippen molar-refractivity contribution in [3.05, 3.63) is 88.5 Å². The molecule has 0 N–H and O–H groups in total. The molecule has 0 saturated heterocycles. The van der Waals surface area contributed by atoms with Crippen LogP contribution in [0.5, 0.6) is 11.5 Å². The van der Waals surface area contributed by atoms with E-state index in [0.717, 1.165) is 11.3 Å². The average molecular weight is 403 g/mol. The SMILES string of the molecule is COc1ccccc1COc1cccc(-c2noc(-c3cccc([N+](=O)[O-])c3)n2)c1.